The average molecular weight is 330 g/mol. The third-order valence-electron chi connectivity index (χ3n) is 3.51. The molecule has 0 saturated carbocycles. The van der Waals surface area contributed by atoms with E-state index in [1.165, 1.54) is 13.2 Å². The van der Waals surface area contributed by atoms with Gasteiger partial charge in [-0.15, -0.1) is 0 Å². The van der Waals surface area contributed by atoms with E-state index in [0.717, 1.165) is 5.56 Å². The summed E-state index contributed by atoms with van der Waals surface area (Å²) in [7, 11) is 1.53. The zero-order valence-electron chi connectivity index (χ0n) is 13.5. The molecular formula is C18H19FN2O3. The number of rotatable bonds is 7. The summed E-state index contributed by atoms with van der Waals surface area (Å²) in [6, 6.07) is 11.4. The van der Waals surface area contributed by atoms with Crippen molar-refractivity contribution in [2.45, 2.75) is 13.0 Å². The van der Waals surface area contributed by atoms with Crippen LogP contribution in [0.3, 0.4) is 0 Å². The Morgan fingerprint density at radius 1 is 1.25 bits per heavy atom. The number of anilines is 1. The Balaban J connectivity index is 2.17. The Kier molecular flexibility index (Phi) is 5.99. The summed E-state index contributed by atoms with van der Waals surface area (Å²) in [5.74, 6) is 0.595. The summed E-state index contributed by atoms with van der Waals surface area (Å²) in [5, 5.41) is 20.7. The lowest BCUT2D eigenvalue weighted by atomic mass is 10.1. The summed E-state index contributed by atoms with van der Waals surface area (Å²) in [4.78, 5) is 0. The summed E-state index contributed by atoms with van der Waals surface area (Å²) in [5.41, 5.74) is 1.48. The number of hydrogen-bond acceptors (Lipinski definition) is 5. The number of halogens is 1. The third kappa shape index (κ3) is 4.15. The lowest BCUT2D eigenvalue weighted by molar-refractivity contribution is 0.196. The number of ether oxygens (including phenoxy) is 2. The molecule has 0 radical (unpaired) electrons. The van der Waals surface area contributed by atoms with Crippen molar-refractivity contribution < 1.29 is 19.0 Å². The highest BCUT2D eigenvalue weighted by Gasteiger charge is 2.13. The van der Waals surface area contributed by atoms with Crippen LogP contribution in [0.15, 0.2) is 36.4 Å². The van der Waals surface area contributed by atoms with Crippen LogP contribution in [0.25, 0.3) is 0 Å². The van der Waals surface area contributed by atoms with E-state index >= 15 is 0 Å². The van der Waals surface area contributed by atoms with E-state index in [-0.39, 0.29) is 24.8 Å². The van der Waals surface area contributed by atoms with Gasteiger partial charge in [0.25, 0.3) is 0 Å². The third-order valence-corrected chi connectivity index (χ3v) is 3.51. The summed E-state index contributed by atoms with van der Waals surface area (Å²) < 4.78 is 24.7. The van der Waals surface area contributed by atoms with Crippen LogP contribution in [0.2, 0.25) is 0 Å². The lowest BCUT2D eigenvalue weighted by Gasteiger charge is -2.18. The van der Waals surface area contributed by atoms with Crippen LogP contribution >= 0.6 is 0 Å². The van der Waals surface area contributed by atoms with Crippen molar-refractivity contribution in [3.63, 3.8) is 0 Å². The maximum atomic E-state index is 14.0. The minimum Gasteiger partial charge on any atom is -0.493 e. The molecule has 0 saturated heterocycles. The topological polar surface area (TPSA) is 74.5 Å². The van der Waals surface area contributed by atoms with Gasteiger partial charge in [0.15, 0.2) is 11.5 Å². The highest BCUT2D eigenvalue weighted by atomic mass is 19.1. The fourth-order valence-electron chi connectivity index (χ4n) is 2.25. The predicted molar refractivity (Wildman–Crippen MR) is 88.7 cm³/mol. The standard InChI is InChI=1S/C18H19FN2O3/c1-12(21-16-5-3-13(11-20)9-15(16)19)14-4-6-17(24-8-7-22)18(10-14)23-2/h3-6,9-10,12,21-22H,7-8H2,1-2H3. The summed E-state index contributed by atoms with van der Waals surface area (Å²) >= 11 is 0. The fraction of sp³-hybridized carbons (Fsp3) is 0.278. The van der Waals surface area contributed by atoms with Gasteiger partial charge in [0.2, 0.25) is 0 Å². The van der Waals surface area contributed by atoms with E-state index in [1.807, 2.05) is 19.1 Å². The smallest absolute Gasteiger partial charge is 0.161 e. The molecule has 2 aromatic rings. The largest absolute Gasteiger partial charge is 0.493 e. The molecule has 0 aliphatic heterocycles. The monoisotopic (exact) mass is 330 g/mol. The van der Waals surface area contributed by atoms with Gasteiger partial charge < -0.3 is 19.9 Å². The number of benzene rings is 2. The van der Waals surface area contributed by atoms with Gasteiger partial charge in [0.1, 0.15) is 12.4 Å². The molecule has 24 heavy (non-hydrogen) atoms. The SMILES string of the molecule is COc1cc(C(C)Nc2ccc(C#N)cc2F)ccc1OCCO. The zero-order valence-corrected chi connectivity index (χ0v) is 13.5. The maximum absolute atomic E-state index is 14.0. The molecule has 0 heterocycles. The number of nitriles is 1. The number of methoxy groups -OCH3 is 1. The van der Waals surface area contributed by atoms with Gasteiger partial charge in [0, 0.05) is 6.04 Å². The molecule has 6 heteroatoms. The number of nitrogens with one attached hydrogen (secondary N) is 1. The summed E-state index contributed by atoms with van der Waals surface area (Å²) in [6.07, 6.45) is 0. The van der Waals surface area contributed by atoms with Crippen LogP contribution < -0.4 is 14.8 Å². The van der Waals surface area contributed by atoms with Gasteiger partial charge in [-0.05, 0) is 42.8 Å². The number of hydrogen-bond donors (Lipinski definition) is 2. The van der Waals surface area contributed by atoms with E-state index in [1.54, 1.807) is 24.3 Å². The van der Waals surface area contributed by atoms with Crippen molar-refractivity contribution in [3.8, 4) is 17.6 Å². The van der Waals surface area contributed by atoms with Crippen molar-refractivity contribution in [3.05, 3.63) is 53.3 Å². The molecular weight excluding hydrogens is 311 g/mol. The normalized spacial score (nSPS) is 11.5. The lowest BCUT2D eigenvalue weighted by Crippen LogP contribution is -2.09. The molecule has 1 unspecified atom stereocenters. The van der Waals surface area contributed by atoms with Crippen molar-refractivity contribution in [1.82, 2.24) is 0 Å². The predicted octanol–water partition coefficient (Wildman–Crippen LogP) is 3.25. The van der Waals surface area contributed by atoms with E-state index in [9.17, 15) is 4.39 Å². The molecule has 0 spiro atoms. The first-order chi connectivity index (χ1) is 11.6. The van der Waals surface area contributed by atoms with Crippen molar-refractivity contribution >= 4 is 5.69 Å². The second-order valence-electron chi connectivity index (χ2n) is 5.15. The quantitative estimate of drug-likeness (QED) is 0.815. The highest BCUT2D eigenvalue weighted by molar-refractivity contribution is 5.51. The number of nitrogens with zero attached hydrogens (tertiary/aromatic N) is 1. The molecule has 1 atom stereocenters. The maximum Gasteiger partial charge on any atom is 0.161 e. The molecule has 0 bridgehead atoms. The van der Waals surface area contributed by atoms with Crippen molar-refractivity contribution in [1.29, 1.82) is 5.26 Å². The van der Waals surface area contributed by atoms with E-state index in [2.05, 4.69) is 5.32 Å². The van der Waals surface area contributed by atoms with Crippen LogP contribution in [-0.4, -0.2) is 25.4 Å². The van der Waals surface area contributed by atoms with Crippen LogP contribution in [-0.2, 0) is 0 Å². The average Bonchev–Trinajstić information content (AvgIpc) is 2.61. The van der Waals surface area contributed by atoms with Gasteiger partial charge in [0.05, 0.1) is 31.0 Å². The molecule has 126 valence electrons. The molecule has 0 fully saturated rings. The Bertz CT molecular complexity index is 744. The van der Waals surface area contributed by atoms with Crippen molar-refractivity contribution in [2.24, 2.45) is 0 Å². The van der Waals surface area contributed by atoms with Gasteiger partial charge in [-0.3, -0.25) is 0 Å². The minimum absolute atomic E-state index is 0.0825. The molecule has 0 aromatic heterocycles. The van der Waals surface area contributed by atoms with Crippen LogP contribution in [0.5, 0.6) is 11.5 Å². The Morgan fingerprint density at radius 2 is 2.04 bits per heavy atom. The van der Waals surface area contributed by atoms with Gasteiger partial charge in [-0.25, -0.2) is 4.39 Å². The van der Waals surface area contributed by atoms with E-state index in [4.69, 9.17) is 19.8 Å². The first-order valence-electron chi connectivity index (χ1n) is 7.46. The first kappa shape index (κ1) is 17.6. The minimum atomic E-state index is -0.476. The highest BCUT2D eigenvalue weighted by Crippen LogP contribution is 2.31. The van der Waals surface area contributed by atoms with E-state index in [0.29, 0.717) is 17.2 Å². The molecule has 0 aliphatic carbocycles. The van der Waals surface area contributed by atoms with Crippen LogP contribution in [0, 0.1) is 17.1 Å². The zero-order chi connectivity index (χ0) is 17.5. The second kappa shape index (κ2) is 8.18. The van der Waals surface area contributed by atoms with Crippen molar-refractivity contribution in [2.75, 3.05) is 25.6 Å². The first-order valence-corrected chi connectivity index (χ1v) is 7.46. The Hall–Kier alpha value is -2.78. The van der Waals surface area contributed by atoms with Gasteiger partial charge >= 0.3 is 0 Å². The molecule has 0 aliphatic rings. The van der Waals surface area contributed by atoms with Gasteiger partial charge in [-0.1, -0.05) is 6.07 Å². The van der Waals surface area contributed by atoms with E-state index < -0.39 is 5.82 Å². The Labute approximate surface area is 140 Å². The van der Waals surface area contributed by atoms with Crippen LogP contribution in [0.1, 0.15) is 24.1 Å². The van der Waals surface area contributed by atoms with Crippen LogP contribution in [0.4, 0.5) is 10.1 Å². The Morgan fingerprint density at radius 3 is 2.67 bits per heavy atom. The number of aliphatic hydroxyl groups excluding tert-OH is 1. The molecule has 5 nitrogen and oxygen atoms in total. The van der Waals surface area contributed by atoms with Gasteiger partial charge in [-0.2, -0.15) is 5.26 Å². The molecule has 2 rings (SSSR count). The fourth-order valence-corrected chi connectivity index (χ4v) is 2.25. The molecule has 2 aromatic carbocycles. The number of aliphatic hydroxyl groups is 1. The summed E-state index contributed by atoms with van der Waals surface area (Å²) in [6.45, 7) is 1.99. The molecule has 0 amide bonds. The second-order valence-corrected chi connectivity index (χ2v) is 5.15. The molecule has 2 N–H and O–H groups in total.